The van der Waals surface area contributed by atoms with Gasteiger partial charge in [0, 0.05) is 16.6 Å². The van der Waals surface area contributed by atoms with Gasteiger partial charge in [-0.2, -0.15) is 0 Å². The van der Waals surface area contributed by atoms with Crippen LogP contribution in [-0.2, 0) is 0 Å². The summed E-state index contributed by atoms with van der Waals surface area (Å²) in [6.07, 6.45) is 0.846. The molecule has 0 radical (unpaired) electrons. The highest BCUT2D eigenvalue weighted by molar-refractivity contribution is 9.10. The van der Waals surface area contributed by atoms with Gasteiger partial charge in [0.25, 0.3) is 5.91 Å². The summed E-state index contributed by atoms with van der Waals surface area (Å²) >= 11 is 3.14. The third-order valence-corrected chi connectivity index (χ3v) is 2.47. The summed E-state index contributed by atoms with van der Waals surface area (Å²) in [5.74, 6) is -0.675. The van der Waals surface area contributed by atoms with Crippen molar-refractivity contribution in [3.63, 3.8) is 0 Å². The average Bonchev–Trinajstić information content (AvgIpc) is 2.22. The Labute approximate surface area is 115 Å². The van der Waals surface area contributed by atoms with Gasteiger partial charge in [-0.1, -0.05) is 15.9 Å². The zero-order valence-electron chi connectivity index (χ0n) is 9.43. The second kappa shape index (κ2) is 8.44. The molecule has 0 fully saturated rings. The summed E-state index contributed by atoms with van der Waals surface area (Å²) in [6, 6.07) is 4.13. The molecular formula is C11H15BrClFN2O. The SMILES string of the molecule is CNCCCNC(=O)c1cc(F)cc(Br)c1.Cl. The molecule has 2 N–H and O–H groups in total. The molecule has 0 spiro atoms. The van der Waals surface area contributed by atoms with Gasteiger partial charge < -0.3 is 10.6 Å². The molecular weight excluding hydrogens is 310 g/mol. The first-order valence-electron chi connectivity index (χ1n) is 5.02. The van der Waals surface area contributed by atoms with Crippen LogP contribution in [0.25, 0.3) is 0 Å². The summed E-state index contributed by atoms with van der Waals surface area (Å²) in [7, 11) is 1.85. The summed E-state index contributed by atoms with van der Waals surface area (Å²) in [4.78, 5) is 11.6. The molecule has 1 amide bonds. The fourth-order valence-electron chi connectivity index (χ4n) is 1.25. The summed E-state index contributed by atoms with van der Waals surface area (Å²) in [5.41, 5.74) is 0.330. The van der Waals surface area contributed by atoms with E-state index in [4.69, 9.17) is 0 Å². The van der Waals surface area contributed by atoms with Gasteiger partial charge in [-0.15, -0.1) is 12.4 Å². The lowest BCUT2D eigenvalue weighted by Crippen LogP contribution is -2.26. The Kier molecular flexibility index (Phi) is 8.12. The number of amides is 1. The monoisotopic (exact) mass is 324 g/mol. The normalized spacial score (nSPS) is 9.59. The van der Waals surface area contributed by atoms with E-state index in [-0.39, 0.29) is 18.3 Å². The van der Waals surface area contributed by atoms with E-state index in [2.05, 4.69) is 26.6 Å². The highest BCUT2D eigenvalue weighted by Crippen LogP contribution is 2.14. The fraction of sp³-hybridized carbons (Fsp3) is 0.364. The van der Waals surface area contributed by atoms with Gasteiger partial charge in [-0.05, 0) is 38.2 Å². The quantitative estimate of drug-likeness (QED) is 0.816. The van der Waals surface area contributed by atoms with E-state index in [1.165, 1.54) is 12.1 Å². The van der Waals surface area contributed by atoms with Crippen LogP contribution in [0.3, 0.4) is 0 Å². The van der Waals surface area contributed by atoms with Crippen LogP contribution in [0.4, 0.5) is 4.39 Å². The summed E-state index contributed by atoms with van der Waals surface area (Å²) in [6.45, 7) is 1.42. The maximum atomic E-state index is 13.0. The van der Waals surface area contributed by atoms with E-state index >= 15 is 0 Å². The Morgan fingerprint density at radius 2 is 2.06 bits per heavy atom. The molecule has 0 unspecified atom stereocenters. The second-order valence-electron chi connectivity index (χ2n) is 3.37. The lowest BCUT2D eigenvalue weighted by atomic mass is 10.2. The number of hydrogen-bond acceptors (Lipinski definition) is 2. The first kappa shape index (κ1) is 16.4. The van der Waals surface area contributed by atoms with Crippen LogP contribution in [0.2, 0.25) is 0 Å². The van der Waals surface area contributed by atoms with E-state index in [0.717, 1.165) is 13.0 Å². The minimum absolute atomic E-state index is 0. The predicted molar refractivity (Wildman–Crippen MR) is 72.2 cm³/mol. The molecule has 1 aromatic rings. The zero-order chi connectivity index (χ0) is 12.0. The molecule has 0 atom stereocenters. The Morgan fingerprint density at radius 3 is 2.65 bits per heavy atom. The molecule has 17 heavy (non-hydrogen) atoms. The minimum Gasteiger partial charge on any atom is -0.352 e. The highest BCUT2D eigenvalue weighted by atomic mass is 79.9. The van der Waals surface area contributed by atoms with Crippen molar-refractivity contribution in [1.82, 2.24) is 10.6 Å². The van der Waals surface area contributed by atoms with Gasteiger partial charge in [0.1, 0.15) is 5.82 Å². The summed E-state index contributed by atoms with van der Waals surface area (Å²) in [5, 5.41) is 5.70. The van der Waals surface area contributed by atoms with Crippen LogP contribution in [0.1, 0.15) is 16.8 Å². The van der Waals surface area contributed by atoms with Crippen LogP contribution >= 0.6 is 28.3 Å². The molecule has 1 aromatic carbocycles. The zero-order valence-corrected chi connectivity index (χ0v) is 11.8. The fourth-order valence-corrected chi connectivity index (χ4v) is 1.72. The van der Waals surface area contributed by atoms with E-state index in [1.54, 1.807) is 6.07 Å². The molecule has 0 bridgehead atoms. The Balaban J connectivity index is 0.00000256. The van der Waals surface area contributed by atoms with Crippen LogP contribution in [0, 0.1) is 5.82 Å². The van der Waals surface area contributed by atoms with Gasteiger partial charge in [-0.25, -0.2) is 4.39 Å². The Bertz CT molecular complexity index is 356. The maximum Gasteiger partial charge on any atom is 0.251 e. The minimum atomic E-state index is -0.422. The van der Waals surface area contributed by atoms with Crippen molar-refractivity contribution in [3.8, 4) is 0 Å². The van der Waals surface area contributed by atoms with Crippen molar-refractivity contribution in [2.75, 3.05) is 20.1 Å². The van der Waals surface area contributed by atoms with Gasteiger partial charge >= 0.3 is 0 Å². The third-order valence-electron chi connectivity index (χ3n) is 2.01. The number of halogens is 3. The topological polar surface area (TPSA) is 41.1 Å². The van der Waals surface area contributed by atoms with Gasteiger partial charge in [-0.3, -0.25) is 4.79 Å². The van der Waals surface area contributed by atoms with Crippen molar-refractivity contribution >= 4 is 34.2 Å². The van der Waals surface area contributed by atoms with Gasteiger partial charge in [0.2, 0.25) is 0 Å². The molecule has 0 saturated carbocycles. The molecule has 0 aliphatic rings. The third kappa shape index (κ3) is 6.00. The van der Waals surface area contributed by atoms with Crippen LogP contribution in [0.5, 0.6) is 0 Å². The standard InChI is InChI=1S/C11H14BrFN2O.ClH/c1-14-3-2-4-15-11(16)8-5-9(12)7-10(13)6-8;/h5-7,14H,2-4H2,1H3,(H,15,16);1H. The molecule has 1 rings (SSSR count). The Morgan fingerprint density at radius 1 is 1.35 bits per heavy atom. The lowest BCUT2D eigenvalue weighted by molar-refractivity contribution is 0.0953. The molecule has 0 saturated heterocycles. The highest BCUT2D eigenvalue weighted by Gasteiger charge is 2.07. The van der Waals surface area contributed by atoms with Crippen molar-refractivity contribution < 1.29 is 9.18 Å². The molecule has 0 aromatic heterocycles. The first-order valence-corrected chi connectivity index (χ1v) is 5.81. The van der Waals surface area contributed by atoms with E-state index in [9.17, 15) is 9.18 Å². The second-order valence-corrected chi connectivity index (χ2v) is 4.29. The average molecular weight is 326 g/mol. The molecule has 96 valence electrons. The molecule has 0 aliphatic heterocycles. The largest absolute Gasteiger partial charge is 0.352 e. The van der Waals surface area contributed by atoms with Crippen molar-refractivity contribution in [2.45, 2.75) is 6.42 Å². The van der Waals surface area contributed by atoms with Gasteiger partial charge in [0.15, 0.2) is 0 Å². The first-order chi connectivity index (χ1) is 7.63. The molecule has 6 heteroatoms. The van der Waals surface area contributed by atoms with Gasteiger partial charge in [0.05, 0.1) is 0 Å². The summed E-state index contributed by atoms with van der Waals surface area (Å²) < 4.78 is 13.6. The van der Waals surface area contributed by atoms with Crippen molar-refractivity contribution in [2.24, 2.45) is 0 Å². The number of nitrogens with one attached hydrogen (secondary N) is 2. The molecule has 0 heterocycles. The van der Waals surface area contributed by atoms with Crippen molar-refractivity contribution in [1.29, 1.82) is 0 Å². The van der Waals surface area contributed by atoms with Crippen LogP contribution < -0.4 is 10.6 Å². The number of carbonyl (C=O) groups excluding carboxylic acids is 1. The smallest absolute Gasteiger partial charge is 0.251 e. The lowest BCUT2D eigenvalue weighted by Gasteiger charge is -2.05. The van der Waals surface area contributed by atoms with E-state index in [0.29, 0.717) is 16.6 Å². The van der Waals surface area contributed by atoms with E-state index in [1.807, 2.05) is 7.05 Å². The number of hydrogen-bond donors (Lipinski definition) is 2. The van der Waals surface area contributed by atoms with Crippen LogP contribution in [-0.4, -0.2) is 26.0 Å². The number of carbonyl (C=O) groups is 1. The number of benzene rings is 1. The van der Waals surface area contributed by atoms with Crippen molar-refractivity contribution in [3.05, 3.63) is 34.1 Å². The van der Waals surface area contributed by atoms with E-state index < -0.39 is 5.82 Å². The van der Waals surface area contributed by atoms with Crippen LogP contribution in [0.15, 0.2) is 22.7 Å². The maximum absolute atomic E-state index is 13.0. The molecule has 0 aliphatic carbocycles. The number of rotatable bonds is 5. The molecule has 3 nitrogen and oxygen atoms in total. The predicted octanol–water partition coefficient (Wildman–Crippen LogP) is 2.35. The Hall–Kier alpha value is -0.650.